The van der Waals surface area contributed by atoms with E-state index in [2.05, 4.69) is 40.4 Å². The van der Waals surface area contributed by atoms with Crippen molar-refractivity contribution in [3.05, 3.63) is 64.9 Å². The Balaban J connectivity index is 1.87. The molecule has 0 fully saturated rings. The highest BCUT2D eigenvalue weighted by Crippen LogP contribution is 2.48. The number of guanidine groups is 1. The number of aromatic nitrogens is 2. The van der Waals surface area contributed by atoms with E-state index in [0.29, 0.717) is 0 Å². The van der Waals surface area contributed by atoms with E-state index < -0.39 is 11.1 Å². The van der Waals surface area contributed by atoms with Gasteiger partial charge in [-0.3, -0.25) is 9.69 Å². The predicted octanol–water partition coefficient (Wildman–Crippen LogP) is 3.40. The average Bonchev–Trinajstić information content (AvgIpc) is 3.44. The van der Waals surface area contributed by atoms with Crippen LogP contribution in [0.25, 0.3) is 11.1 Å². The Morgan fingerprint density at radius 2 is 2.00 bits per heavy atom. The molecule has 1 aliphatic heterocycles. The Bertz CT molecular complexity index is 1200. The van der Waals surface area contributed by atoms with Gasteiger partial charge in [-0.2, -0.15) is 0 Å². The summed E-state index contributed by atoms with van der Waals surface area (Å²) in [6, 6.07) is 10.2. The third-order valence-electron chi connectivity index (χ3n) is 5.92. The lowest BCUT2D eigenvalue weighted by atomic mass is 9.75. The Morgan fingerprint density at radius 3 is 2.70 bits per heavy atom. The highest BCUT2D eigenvalue weighted by molar-refractivity contribution is 7.10. The van der Waals surface area contributed by atoms with E-state index in [9.17, 15) is 4.79 Å². The van der Waals surface area contributed by atoms with Gasteiger partial charge >= 0.3 is 0 Å². The molecule has 6 nitrogen and oxygen atoms in total. The van der Waals surface area contributed by atoms with E-state index in [1.54, 1.807) is 37.1 Å². The number of imidazole rings is 1. The number of carbonyl (C=O) groups is 1. The number of thiophene rings is 1. The molecule has 3 aromatic rings. The number of aliphatic imine (C=N–C) groups is 1. The van der Waals surface area contributed by atoms with Gasteiger partial charge in [-0.25, -0.2) is 9.98 Å². The molecule has 0 bridgehead atoms. The Morgan fingerprint density at radius 1 is 1.20 bits per heavy atom. The molecule has 4 rings (SSSR count). The van der Waals surface area contributed by atoms with Gasteiger partial charge in [0.25, 0.3) is 5.91 Å². The molecule has 0 aliphatic carbocycles. The molecule has 30 heavy (non-hydrogen) atoms. The fourth-order valence-corrected chi connectivity index (χ4v) is 5.02. The lowest BCUT2D eigenvalue weighted by Gasteiger charge is -2.47. The summed E-state index contributed by atoms with van der Waals surface area (Å²) in [6.07, 6.45) is 5.12. The number of amides is 1. The van der Waals surface area contributed by atoms with Crippen LogP contribution in [-0.4, -0.2) is 33.4 Å². The van der Waals surface area contributed by atoms with Crippen LogP contribution in [0.4, 0.5) is 0 Å². The van der Waals surface area contributed by atoms with Crippen LogP contribution >= 0.6 is 11.3 Å². The van der Waals surface area contributed by atoms with Crippen LogP contribution in [-0.2, 0) is 15.9 Å². The molecule has 1 aliphatic rings. The smallest absolute Gasteiger partial charge is 0.257 e. The van der Waals surface area contributed by atoms with Crippen molar-refractivity contribution in [1.29, 1.82) is 0 Å². The molecule has 0 spiro atoms. The standard InChI is InChI=1S/C23H23N5OS/c1-5-7-16-8-6-9-17(12-16)18-13-19(30-14-18)22(2)23(3,28-11-10-25-15-28)20(29)27(4)21(24)26-22/h6,8-15H,1-4H3,(H2,24,26)/t22-,23?/m1/s1. The van der Waals surface area contributed by atoms with E-state index in [-0.39, 0.29) is 11.9 Å². The minimum absolute atomic E-state index is 0.134. The van der Waals surface area contributed by atoms with Gasteiger partial charge in [-0.15, -0.1) is 17.3 Å². The maximum absolute atomic E-state index is 13.4. The molecule has 7 heteroatoms. The van der Waals surface area contributed by atoms with Crippen molar-refractivity contribution in [2.45, 2.75) is 31.8 Å². The maximum Gasteiger partial charge on any atom is 0.257 e. The Kier molecular flexibility index (Phi) is 4.75. The summed E-state index contributed by atoms with van der Waals surface area (Å²) >= 11 is 1.57. The fraction of sp³-hybridized carbons (Fsp3) is 0.261. The third kappa shape index (κ3) is 2.84. The first-order chi connectivity index (χ1) is 14.3. The SMILES string of the molecule is CC#Cc1cccc(-c2csc([C@@]3(C)N=C(N)N(C)C(=O)C3(C)n3ccnc3)c2)c1. The van der Waals surface area contributed by atoms with Gasteiger partial charge in [0.1, 0.15) is 5.54 Å². The maximum atomic E-state index is 13.4. The van der Waals surface area contributed by atoms with E-state index in [4.69, 9.17) is 10.7 Å². The molecule has 0 radical (unpaired) electrons. The number of benzene rings is 1. The molecule has 1 unspecified atom stereocenters. The number of rotatable bonds is 3. The van der Waals surface area contributed by atoms with Crippen molar-refractivity contribution in [3.8, 4) is 23.0 Å². The largest absolute Gasteiger partial charge is 0.369 e. The van der Waals surface area contributed by atoms with Crippen LogP contribution in [0, 0.1) is 11.8 Å². The van der Waals surface area contributed by atoms with Gasteiger partial charge in [-0.05, 0) is 55.5 Å². The van der Waals surface area contributed by atoms with Crippen molar-refractivity contribution >= 4 is 23.2 Å². The fourth-order valence-electron chi connectivity index (χ4n) is 3.90. The molecule has 2 atom stereocenters. The van der Waals surface area contributed by atoms with Gasteiger partial charge in [0.05, 0.1) is 6.33 Å². The lowest BCUT2D eigenvalue weighted by Crippen LogP contribution is -2.64. The molecule has 1 amide bonds. The normalized spacial score (nSPS) is 23.7. The zero-order valence-corrected chi connectivity index (χ0v) is 18.2. The molecule has 2 aromatic heterocycles. The van der Waals surface area contributed by atoms with E-state index in [0.717, 1.165) is 21.6 Å². The van der Waals surface area contributed by atoms with Gasteiger partial charge in [0.15, 0.2) is 11.5 Å². The van der Waals surface area contributed by atoms with Gasteiger partial charge < -0.3 is 10.3 Å². The zero-order valence-electron chi connectivity index (χ0n) is 17.4. The number of carbonyl (C=O) groups excluding carboxylic acids is 1. The van der Waals surface area contributed by atoms with Crippen molar-refractivity contribution in [1.82, 2.24) is 14.5 Å². The van der Waals surface area contributed by atoms with Crippen molar-refractivity contribution in [2.75, 3.05) is 7.05 Å². The summed E-state index contributed by atoms with van der Waals surface area (Å²) in [4.78, 5) is 24.8. The summed E-state index contributed by atoms with van der Waals surface area (Å²) in [5.74, 6) is 6.10. The summed E-state index contributed by atoms with van der Waals surface area (Å²) in [5.41, 5.74) is 7.33. The summed E-state index contributed by atoms with van der Waals surface area (Å²) in [7, 11) is 1.65. The summed E-state index contributed by atoms with van der Waals surface area (Å²) in [5, 5.41) is 2.09. The molecular formula is C23H23N5OS. The highest BCUT2D eigenvalue weighted by Gasteiger charge is 2.58. The zero-order chi connectivity index (χ0) is 21.5. The minimum atomic E-state index is -1.02. The number of likely N-dealkylation sites (N-methyl/N-ethyl adjacent to an activating group) is 1. The van der Waals surface area contributed by atoms with Crippen LogP contribution in [0.2, 0.25) is 0 Å². The topological polar surface area (TPSA) is 76.5 Å². The minimum Gasteiger partial charge on any atom is -0.369 e. The average molecular weight is 418 g/mol. The van der Waals surface area contributed by atoms with Crippen molar-refractivity contribution in [2.24, 2.45) is 10.7 Å². The number of hydrogen-bond donors (Lipinski definition) is 1. The van der Waals surface area contributed by atoms with Crippen LogP contribution in [0.15, 0.2) is 59.4 Å². The third-order valence-corrected chi connectivity index (χ3v) is 7.06. The molecule has 0 saturated heterocycles. The predicted molar refractivity (Wildman–Crippen MR) is 120 cm³/mol. The highest BCUT2D eigenvalue weighted by atomic mass is 32.1. The monoisotopic (exact) mass is 417 g/mol. The number of nitrogens with two attached hydrogens (primary N) is 1. The molecule has 1 aromatic carbocycles. The molecule has 152 valence electrons. The van der Waals surface area contributed by atoms with Crippen LogP contribution in [0.1, 0.15) is 31.2 Å². The first-order valence-corrected chi connectivity index (χ1v) is 10.4. The Hall–Kier alpha value is -3.37. The van der Waals surface area contributed by atoms with E-state index in [1.165, 1.54) is 4.90 Å². The Labute approximate surface area is 180 Å². The summed E-state index contributed by atoms with van der Waals surface area (Å²) < 4.78 is 1.82. The van der Waals surface area contributed by atoms with E-state index >= 15 is 0 Å². The quantitative estimate of drug-likeness (QED) is 0.664. The van der Waals surface area contributed by atoms with Crippen LogP contribution in [0.3, 0.4) is 0 Å². The van der Waals surface area contributed by atoms with E-state index in [1.807, 2.05) is 37.5 Å². The second-order valence-electron chi connectivity index (χ2n) is 7.60. The first kappa shape index (κ1) is 19.9. The van der Waals surface area contributed by atoms with Gasteiger partial charge in [-0.1, -0.05) is 18.1 Å². The second kappa shape index (κ2) is 7.15. The van der Waals surface area contributed by atoms with Gasteiger partial charge in [0, 0.05) is 29.9 Å². The summed E-state index contributed by atoms with van der Waals surface area (Å²) in [6.45, 7) is 5.67. The number of nitrogens with zero attached hydrogens (tertiary/aromatic N) is 4. The van der Waals surface area contributed by atoms with Crippen LogP contribution < -0.4 is 5.73 Å². The molecular weight excluding hydrogens is 394 g/mol. The van der Waals surface area contributed by atoms with Crippen molar-refractivity contribution in [3.63, 3.8) is 0 Å². The first-order valence-electron chi connectivity index (χ1n) is 9.55. The lowest BCUT2D eigenvalue weighted by molar-refractivity contribution is -0.140. The second-order valence-corrected chi connectivity index (χ2v) is 8.52. The van der Waals surface area contributed by atoms with Crippen molar-refractivity contribution < 1.29 is 4.79 Å². The molecule has 0 saturated carbocycles. The van der Waals surface area contributed by atoms with Gasteiger partial charge in [0.2, 0.25) is 0 Å². The molecule has 2 N–H and O–H groups in total. The molecule has 3 heterocycles. The van der Waals surface area contributed by atoms with Crippen LogP contribution in [0.5, 0.6) is 0 Å². The number of hydrogen-bond acceptors (Lipinski definition) is 5.